The Morgan fingerprint density at radius 1 is 1.27 bits per heavy atom. The fourth-order valence-electron chi connectivity index (χ4n) is 1.46. The number of rotatable bonds is 6. The molecule has 15 heavy (non-hydrogen) atoms. The number of hydrogen-bond donors (Lipinski definition) is 1. The second kappa shape index (κ2) is 6.46. The van der Waals surface area contributed by atoms with Gasteiger partial charge in [0, 0.05) is 6.54 Å². The molecule has 2 heteroatoms. The van der Waals surface area contributed by atoms with Gasteiger partial charge in [-0.3, -0.25) is 0 Å². The molecular formula is C13H21NO. The molecule has 0 bridgehead atoms. The van der Waals surface area contributed by atoms with Crippen LogP contribution in [0.3, 0.4) is 0 Å². The first kappa shape index (κ1) is 12.1. The van der Waals surface area contributed by atoms with Crippen LogP contribution in [0.2, 0.25) is 0 Å². The van der Waals surface area contributed by atoms with Gasteiger partial charge in [0.2, 0.25) is 0 Å². The second-order valence-corrected chi connectivity index (χ2v) is 3.86. The molecule has 0 aromatic heterocycles. The highest BCUT2D eigenvalue weighted by atomic mass is 16.5. The summed E-state index contributed by atoms with van der Waals surface area (Å²) in [4.78, 5) is 0. The van der Waals surface area contributed by atoms with Crippen LogP contribution in [-0.4, -0.2) is 6.61 Å². The van der Waals surface area contributed by atoms with E-state index < -0.39 is 0 Å². The van der Waals surface area contributed by atoms with Crippen LogP contribution in [-0.2, 0) is 6.54 Å². The summed E-state index contributed by atoms with van der Waals surface area (Å²) in [5.74, 6) is 0.981. The summed E-state index contributed by atoms with van der Waals surface area (Å²) >= 11 is 0. The first-order valence-electron chi connectivity index (χ1n) is 5.70. The quantitative estimate of drug-likeness (QED) is 0.728. The van der Waals surface area contributed by atoms with Gasteiger partial charge in [0.1, 0.15) is 5.75 Å². The van der Waals surface area contributed by atoms with E-state index in [4.69, 9.17) is 10.5 Å². The predicted molar refractivity (Wildman–Crippen MR) is 64.1 cm³/mol. The lowest BCUT2D eigenvalue weighted by atomic mass is 10.1. The van der Waals surface area contributed by atoms with Crippen LogP contribution in [0.5, 0.6) is 5.75 Å². The number of nitrogens with two attached hydrogens (primary N) is 1. The van der Waals surface area contributed by atoms with E-state index >= 15 is 0 Å². The van der Waals surface area contributed by atoms with E-state index in [1.165, 1.54) is 18.4 Å². The highest BCUT2D eigenvalue weighted by Crippen LogP contribution is 2.19. The third kappa shape index (κ3) is 3.92. The van der Waals surface area contributed by atoms with Crippen molar-refractivity contribution in [2.75, 3.05) is 6.61 Å². The molecule has 0 saturated heterocycles. The molecule has 0 aliphatic carbocycles. The molecular weight excluding hydrogens is 186 g/mol. The highest BCUT2D eigenvalue weighted by Gasteiger charge is 2.00. The van der Waals surface area contributed by atoms with Crippen molar-refractivity contribution >= 4 is 0 Å². The molecule has 0 spiro atoms. The third-order valence-electron chi connectivity index (χ3n) is 2.49. The maximum atomic E-state index is 5.73. The van der Waals surface area contributed by atoms with Gasteiger partial charge in [-0.15, -0.1) is 0 Å². The molecule has 0 saturated carbocycles. The van der Waals surface area contributed by atoms with Crippen LogP contribution >= 0.6 is 0 Å². The van der Waals surface area contributed by atoms with Crippen LogP contribution in [0.25, 0.3) is 0 Å². The Kier molecular flexibility index (Phi) is 5.19. The number of unbranched alkanes of at least 4 members (excludes halogenated alkanes) is 2. The average Bonchev–Trinajstić information content (AvgIpc) is 2.26. The van der Waals surface area contributed by atoms with Crippen molar-refractivity contribution in [2.45, 2.75) is 39.7 Å². The summed E-state index contributed by atoms with van der Waals surface area (Å²) in [6, 6.07) is 6.16. The molecule has 0 fully saturated rings. The van der Waals surface area contributed by atoms with E-state index in [1.807, 2.05) is 12.1 Å². The lowest BCUT2D eigenvalue weighted by Crippen LogP contribution is -2.01. The topological polar surface area (TPSA) is 35.2 Å². The summed E-state index contributed by atoms with van der Waals surface area (Å²) in [6.07, 6.45) is 3.59. The molecule has 0 atom stereocenters. The van der Waals surface area contributed by atoms with Crippen molar-refractivity contribution in [1.29, 1.82) is 0 Å². The highest BCUT2D eigenvalue weighted by molar-refractivity contribution is 5.36. The van der Waals surface area contributed by atoms with Gasteiger partial charge in [-0.2, -0.15) is 0 Å². The zero-order valence-corrected chi connectivity index (χ0v) is 9.75. The van der Waals surface area contributed by atoms with E-state index in [0.29, 0.717) is 6.54 Å². The van der Waals surface area contributed by atoms with E-state index in [0.717, 1.165) is 24.3 Å². The van der Waals surface area contributed by atoms with Gasteiger partial charge < -0.3 is 10.5 Å². The Hall–Kier alpha value is -1.02. The Labute approximate surface area is 92.4 Å². The first-order valence-corrected chi connectivity index (χ1v) is 5.70. The molecule has 1 aromatic rings. The summed E-state index contributed by atoms with van der Waals surface area (Å²) in [6.45, 7) is 5.64. The smallest absolute Gasteiger partial charge is 0.122 e. The minimum absolute atomic E-state index is 0.575. The molecule has 0 aliphatic rings. The van der Waals surface area contributed by atoms with Crippen molar-refractivity contribution in [1.82, 2.24) is 0 Å². The van der Waals surface area contributed by atoms with Crippen LogP contribution in [0, 0.1) is 6.92 Å². The molecule has 0 aliphatic heterocycles. The van der Waals surface area contributed by atoms with Crippen molar-refractivity contribution in [3.63, 3.8) is 0 Å². The summed E-state index contributed by atoms with van der Waals surface area (Å²) in [5.41, 5.74) is 7.90. The summed E-state index contributed by atoms with van der Waals surface area (Å²) < 4.78 is 5.73. The maximum Gasteiger partial charge on any atom is 0.122 e. The van der Waals surface area contributed by atoms with E-state index in [-0.39, 0.29) is 0 Å². The molecule has 84 valence electrons. The second-order valence-electron chi connectivity index (χ2n) is 3.86. The zero-order chi connectivity index (χ0) is 11.1. The fourth-order valence-corrected chi connectivity index (χ4v) is 1.46. The van der Waals surface area contributed by atoms with Gasteiger partial charge in [-0.1, -0.05) is 31.9 Å². The average molecular weight is 207 g/mol. The Morgan fingerprint density at radius 2 is 2.07 bits per heavy atom. The van der Waals surface area contributed by atoms with Crippen molar-refractivity contribution in [3.05, 3.63) is 29.3 Å². The van der Waals surface area contributed by atoms with Crippen LogP contribution in [0.4, 0.5) is 0 Å². The Bertz CT molecular complexity index is 297. The minimum Gasteiger partial charge on any atom is -0.493 e. The first-order chi connectivity index (χ1) is 7.27. The van der Waals surface area contributed by atoms with Gasteiger partial charge in [0.25, 0.3) is 0 Å². The van der Waals surface area contributed by atoms with Crippen molar-refractivity contribution in [3.8, 4) is 5.75 Å². The van der Waals surface area contributed by atoms with E-state index in [2.05, 4.69) is 19.9 Å². The molecule has 0 heterocycles. The fraction of sp³-hybridized carbons (Fsp3) is 0.538. The van der Waals surface area contributed by atoms with E-state index in [1.54, 1.807) is 0 Å². The monoisotopic (exact) mass is 207 g/mol. The number of aryl methyl sites for hydroxylation is 1. The molecule has 2 N–H and O–H groups in total. The van der Waals surface area contributed by atoms with Gasteiger partial charge in [0.05, 0.1) is 6.61 Å². The van der Waals surface area contributed by atoms with Crippen molar-refractivity contribution in [2.24, 2.45) is 5.73 Å². The molecule has 2 nitrogen and oxygen atoms in total. The van der Waals surface area contributed by atoms with Crippen LogP contribution < -0.4 is 10.5 Å². The number of ether oxygens (including phenoxy) is 1. The zero-order valence-electron chi connectivity index (χ0n) is 9.75. The lowest BCUT2D eigenvalue weighted by molar-refractivity contribution is 0.304. The van der Waals surface area contributed by atoms with Crippen molar-refractivity contribution < 1.29 is 4.74 Å². The van der Waals surface area contributed by atoms with Gasteiger partial charge in [0.15, 0.2) is 0 Å². The minimum atomic E-state index is 0.575. The third-order valence-corrected chi connectivity index (χ3v) is 2.49. The Balaban J connectivity index is 2.51. The number of hydrogen-bond acceptors (Lipinski definition) is 2. The molecule has 0 unspecified atom stereocenters. The van der Waals surface area contributed by atoms with Gasteiger partial charge >= 0.3 is 0 Å². The van der Waals surface area contributed by atoms with Crippen LogP contribution in [0.15, 0.2) is 18.2 Å². The molecule has 0 radical (unpaired) electrons. The van der Waals surface area contributed by atoms with Gasteiger partial charge in [-0.05, 0) is 30.5 Å². The molecule has 0 amide bonds. The predicted octanol–water partition coefficient (Wildman–Crippen LogP) is 3.02. The molecule has 1 aromatic carbocycles. The lowest BCUT2D eigenvalue weighted by Gasteiger charge is -2.10. The standard InChI is InChI=1S/C13H21NO/c1-3-4-5-8-15-13-9-12(10-14)7-6-11(13)2/h6-7,9H,3-5,8,10,14H2,1-2H3. The van der Waals surface area contributed by atoms with Gasteiger partial charge in [-0.25, -0.2) is 0 Å². The normalized spacial score (nSPS) is 10.3. The maximum absolute atomic E-state index is 5.73. The Morgan fingerprint density at radius 3 is 2.73 bits per heavy atom. The van der Waals surface area contributed by atoms with E-state index in [9.17, 15) is 0 Å². The SMILES string of the molecule is CCCCCOc1cc(CN)ccc1C. The number of benzene rings is 1. The largest absolute Gasteiger partial charge is 0.493 e. The summed E-state index contributed by atoms with van der Waals surface area (Å²) in [5, 5.41) is 0. The van der Waals surface area contributed by atoms with Crippen LogP contribution in [0.1, 0.15) is 37.3 Å². The summed E-state index contributed by atoms with van der Waals surface area (Å²) in [7, 11) is 0. The molecule has 1 rings (SSSR count).